The zero-order valence-electron chi connectivity index (χ0n) is 23.4. The van der Waals surface area contributed by atoms with Gasteiger partial charge in [-0.05, 0) is 87.4 Å². The van der Waals surface area contributed by atoms with Crippen molar-refractivity contribution in [3.8, 4) is 0 Å². The van der Waals surface area contributed by atoms with E-state index in [1.165, 1.54) is 36.8 Å². The molecule has 3 heteroatoms. The van der Waals surface area contributed by atoms with Gasteiger partial charge in [-0.2, -0.15) is 0 Å². The normalized spacial score (nSPS) is 47.0. The second kappa shape index (κ2) is 8.73. The highest BCUT2D eigenvalue weighted by atomic mass is 16.5. The number of fused-ring (bicyclic) bond motifs is 5. The molecule has 4 aliphatic rings. The number of ether oxygens (including phenoxy) is 1. The molecule has 3 saturated carbocycles. The number of aliphatic hydroxyl groups excluding tert-OH is 2. The molecular formula is C31H52O3. The van der Waals surface area contributed by atoms with E-state index in [0.717, 1.165) is 19.3 Å². The van der Waals surface area contributed by atoms with E-state index in [2.05, 4.69) is 67.5 Å². The fourth-order valence-corrected chi connectivity index (χ4v) is 9.94. The first-order chi connectivity index (χ1) is 15.7. The minimum atomic E-state index is -0.515. The number of hydrogen-bond acceptors (Lipinski definition) is 3. The number of allylic oxidation sites excluding steroid dienone is 2. The lowest BCUT2D eigenvalue weighted by atomic mass is 9.41. The first-order valence-electron chi connectivity index (χ1n) is 14.0. The minimum Gasteiger partial charge on any atom is -0.392 e. The molecule has 0 radical (unpaired) electrons. The number of hydrogen-bond donors (Lipinski definition) is 2. The third-order valence-corrected chi connectivity index (χ3v) is 11.7. The van der Waals surface area contributed by atoms with Crippen LogP contribution in [0.25, 0.3) is 0 Å². The topological polar surface area (TPSA) is 49.7 Å². The van der Waals surface area contributed by atoms with Crippen molar-refractivity contribution in [2.24, 2.45) is 45.8 Å². The zero-order valence-corrected chi connectivity index (χ0v) is 23.4. The van der Waals surface area contributed by atoms with Crippen LogP contribution < -0.4 is 0 Å². The second-order valence-corrected chi connectivity index (χ2v) is 14.0. The van der Waals surface area contributed by atoms with E-state index in [4.69, 9.17) is 4.74 Å². The largest absolute Gasteiger partial charge is 0.392 e. The predicted molar refractivity (Wildman–Crippen MR) is 140 cm³/mol. The molecule has 0 heterocycles. The third kappa shape index (κ3) is 3.62. The van der Waals surface area contributed by atoms with Gasteiger partial charge in [0.05, 0.1) is 17.8 Å². The van der Waals surface area contributed by atoms with Gasteiger partial charge < -0.3 is 14.9 Å². The molecule has 4 rings (SSSR count). The highest BCUT2D eigenvalue weighted by molar-refractivity contribution is 5.34. The van der Waals surface area contributed by atoms with Crippen LogP contribution in [0.2, 0.25) is 0 Å². The summed E-state index contributed by atoms with van der Waals surface area (Å²) >= 11 is 0. The van der Waals surface area contributed by atoms with E-state index in [9.17, 15) is 10.2 Å². The molecule has 0 unspecified atom stereocenters. The molecular weight excluding hydrogens is 420 g/mol. The number of aliphatic hydroxyl groups is 2. The molecule has 3 fully saturated rings. The Labute approximate surface area is 209 Å². The maximum absolute atomic E-state index is 11.8. The van der Waals surface area contributed by atoms with Gasteiger partial charge in [0, 0.05) is 24.4 Å². The molecule has 194 valence electrons. The summed E-state index contributed by atoms with van der Waals surface area (Å²) in [4.78, 5) is 0. The van der Waals surface area contributed by atoms with Crippen molar-refractivity contribution in [1.82, 2.24) is 0 Å². The van der Waals surface area contributed by atoms with E-state index in [0.29, 0.717) is 23.7 Å². The van der Waals surface area contributed by atoms with Crippen molar-refractivity contribution in [1.29, 1.82) is 0 Å². The molecule has 3 nitrogen and oxygen atoms in total. The van der Waals surface area contributed by atoms with Gasteiger partial charge in [0.25, 0.3) is 0 Å². The Morgan fingerprint density at radius 3 is 2.32 bits per heavy atom. The molecule has 0 amide bonds. The lowest BCUT2D eigenvalue weighted by Gasteiger charge is -2.66. The quantitative estimate of drug-likeness (QED) is 0.427. The average Bonchev–Trinajstić information content (AvgIpc) is 3.01. The first kappa shape index (κ1) is 26.4. The summed E-state index contributed by atoms with van der Waals surface area (Å²) in [5.41, 5.74) is 2.26. The fraction of sp³-hybridized carbons (Fsp3) is 0.871. The maximum Gasteiger partial charge on any atom is 0.0805 e. The van der Waals surface area contributed by atoms with Gasteiger partial charge >= 0.3 is 0 Å². The van der Waals surface area contributed by atoms with Crippen molar-refractivity contribution in [2.75, 3.05) is 7.11 Å². The Hall–Kier alpha value is -0.640. The molecule has 0 aromatic heterocycles. The van der Waals surface area contributed by atoms with Gasteiger partial charge in [0.1, 0.15) is 0 Å². The molecule has 10 atom stereocenters. The highest BCUT2D eigenvalue weighted by Gasteiger charge is 2.71. The molecule has 0 aliphatic heterocycles. The van der Waals surface area contributed by atoms with E-state index >= 15 is 0 Å². The van der Waals surface area contributed by atoms with Crippen LogP contribution in [-0.2, 0) is 4.74 Å². The summed E-state index contributed by atoms with van der Waals surface area (Å²) in [6.07, 6.45) is 11.3. The van der Waals surface area contributed by atoms with Crippen LogP contribution in [-0.4, -0.2) is 35.1 Å². The minimum absolute atomic E-state index is 0.0432. The van der Waals surface area contributed by atoms with Gasteiger partial charge in [-0.1, -0.05) is 64.8 Å². The molecule has 0 aromatic rings. The van der Waals surface area contributed by atoms with Gasteiger partial charge in [-0.25, -0.2) is 0 Å². The Morgan fingerprint density at radius 2 is 1.71 bits per heavy atom. The average molecular weight is 473 g/mol. The van der Waals surface area contributed by atoms with Crippen LogP contribution in [0.4, 0.5) is 0 Å². The van der Waals surface area contributed by atoms with Crippen molar-refractivity contribution in [2.45, 2.75) is 118 Å². The molecule has 0 saturated heterocycles. The summed E-state index contributed by atoms with van der Waals surface area (Å²) in [6.45, 7) is 18.6. The Balaban J connectivity index is 1.71. The Bertz CT molecular complexity index is 838. The summed E-state index contributed by atoms with van der Waals surface area (Å²) in [7, 11) is 1.89. The van der Waals surface area contributed by atoms with Crippen LogP contribution in [0.5, 0.6) is 0 Å². The summed E-state index contributed by atoms with van der Waals surface area (Å²) < 4.78 is 6.58. The van der Waals surface area contributed by atoms with Crippen LogP contribution in [0, 0.1) is 45.8 Å². The lowest BCUT2D eigenvalue weighted by Crippen LogP contribution is -2.68. The van der Waals surface area contributed by atoms with Crippen LogP contribution in [0.3, 0.4) is 0 Å². The predicted octanol–water partition coefficient (Wildman–Crippen LogP) is 6.93. The van der Waals surface area contributed by atoms with Crippen molar-refractivity contribution in [3.05, 3.63) is 23.3 Å². The van der Waals surface area contributed by atoms with Crippen LogP contribution in [0.15, 0.2) is 23.3 Å². The standard InChI is InChI=1S/C31H52O3/c1-19(2)16-20(3)17-21(4)22-12-13-30(8)27-25(32)18-24-23(10-11-26(33)28(24,5)6)31(27,34-9)15-14-29(22,30)7/h16,18,20-23,25-27,32-33H,10-15,17H2,1-9H3/t20-,21+,22+,23+,25-,26-,27-,29+,30-,31+/m0/s1. The number of rotatable bonds is 5. The number of methoxy groups -OCH3 is 1. The monoisotopic (exact) mass is 472 g/mol. The smallest absolute Gasteiger partial charge is 0.0805 e. The maximum atomic E-state index is 11.8. The lowest BCUT2D eigenvalue weighted by molar-refractivity contribution is -0.235. The van der Waals surface area contributed by atoms with Gasteiger partial charge in [-0.15, -0.1) is 0 Å². The second-order valence-electron chi connectivity index (χ2n) is 14.0. The zero-order chi connectivity index (χ0) is 25.3. The highest BCUT2D eigenvalue weighted by Crippen LogP contribution is 2.73. The molecule has 0 bridgehead atoms. The SMILES string of the molecule is CO[C@@]12CC[C@]3(C)[C@@H]([C@H](C)C[C@@H](C)C=C(C)C)CC[C@@]3(C)[C@@H]1[C@@H](O)C=C1[C@H]2CC[C@H](O)C1(C)C. The molecule has 2 N–H and O–H groups in total. The van der Waals surface area contributed by atoms with Gasteiger partial charge in [0.15, 0.2) is 0 Å². The summed E-state index contributed by atoms with van der Waals surface area (Å²) in [6, 6.07) is 0. The third-order valence-electron chi connectivity index (χ3n) is 11.7. The van der Waals surface area contributed by atoms with Crippen LogP contribution in [0.1, 0.15) is 100 Å². The summed E-state index contributed by atoms with van der Waals surface area (Å²) in [5.74, 6) is 2.36. The van der Waals surface area contributed by atoms with E-state index in [-0.39, 0.29) is 33.9 Å². The van der Waals surface area contributed by atoms with E-state index < -0.39 is 6.10 Å². The molecule has 0 aromatic carbocycles. The Morgan fingerprint density at radius 1 is 1.03 bits per heavy atom. The van der Waals surface area contributed by atoms with Gasteiger partial charge in [0.2, 0.25) is 0 Å². The van der Waals surface area contributed by atoms with Crippen LogP contribution >= 0.6 is 0 Å². The fourth-order valence-electron chi connectivity index (χ4n) is 9.94. The van der Waals surface area contributed by atoms with Crippen molar-refractivity contribution >= 4 is 0 Å². The Kier molecular flexibility index (Phi) is 6.79. The first-order valence-corrected chi connectivity index (χ1v) is 14.0. The van der Waals surface area contributed by atoms with E-state index in [1.807, 2.05) is 7.11 Å². The van der Waals surface area contributed by atoms with E-state index in [1.54, 1.807) is 0 Å². The summed E-state index contributed by atoms with van der Waals surface area (Å²) in [5, 5.41) is 22.6. The molecule has 0 spiro atoms. The molecule has 4 aliphatic carbocycles. The van der Waals surface area contributed by atoms with Gasteiger partial charge in [-0.3, -0.25) is 0 Å². The molecule has 34 heavy (non-hydrogen) atoms. The van der Waals surface area contributed by atoms with Crippen molar-refractivity contribution in [3.63, 3.8) is 0 Å². The van der Waals surface area contributed by atoms with Crippen molar-refractivity contribution < 1.29 is 14.9 Å².